The van der Waals surface area contributed by atoms with Gasteiger partial charge in [-0.3, -0.25) is 14.4 Å². The van der Waals surface area contributed by atoms with Gasteiger partial charge in [0, 0.05) is 37.9 Å². The minimum absolute atomic E-state index is 0.0424. The summed E-state index contributed by atoms with van der Waals surface area (Å²) < 4.78 is 40.4. The first kappa shape index (κ1) is 30.0. The molecule has 228 valence electrons. The lowest BCUT2D eigenvalue weighted by atomic mass is 9.99. The summed E-state index contributed by atoms with van der Waals surface area (Å²) in [7, 11) is 0. The smallest absolute Gasteiger partial charge is 0.267 e. The fourth-order valence-corrected chi connectivity index (χ4v) is 5.92. The highest BCUT2D eigenvalue weighted by atomic mass is 19.3. The van der Waals surface area contributed by atoms with Crippen molar-refractivity contribution in [2.24, 2.45) is 5.92 Å². The number of aromatic nitrogens is 3. The molecule has 5 rings (SSSR count). The molecule has 0 saturated carbocycles. The van der Waals surface area contributed by atoms with Crippen molar-refractivity contribution in [1.29, 1.82) is 0 Å². The van der Waals surface area contributed by atoms with E-state index in [1.54, 1.807) is 16.5 Å². The zero-order valence-electron chi connectivity index (χ0n) is 24.2. The third-order valence-corrected chi connectivity index (χ3v) is 8.02. The molecule has 0 spiro atoms. The van der Waals surface area contributed by atoms with E-state index in [0.29, 0.717) is 45.1 Å². The van der Waals surface area contributed by atoms with Crippen molar-refractivity contribution < 1.29 is 32.6 Å². The molecule has 11 nitrogen and oxygen atoms in total. The molecule has 3 aliphatic heterocycles. The van der Waals surface area contributed by atoms with Gasteiger partial charge in [-0.15, -0.1) is 5.10 Å². The SMILES string of the molecule is CC(C)OCCOCc1cn(Cc2cccc3c2CN(C(=O)C[C@@H]2C[C@@H](C(=O)N4CC(F)(F)C[C@H]4C)NC2=O)C3)nn1. The van der Waals surface area contributed by atoms with Gasteiger partial charge in [0.2, 0.25) is 17.7 Å². The molecule has 2 saturated heterocycles. The van der Waals surface area contributed by atoms with Gasteiger partial charge in [0.05, 0.1) is 45.2 Å². The second-order valence-electron chi connectivity index (χ2n) is 11.8. The topological polar surface area (TPSA) is 119 Å². The Morgan fingerprint density at radius 3 is 2.76 bits per heavy atom. The third kappa shape index (κ3) is 6.95. The minimum atomic E-state index is -2.93. The normalized spacial score (nSPS) is 23.1. The highest BCUT2D eigenvalue weighted by Crippen LogP contribution is 2.34. The van der Waals surface area contributed by atoms with Crippen LogP contribution in [-0.4, -0.2) is 86.4 Å². The zero-order valence-corrected chi connectivity index (χ0v) is 24.2. The Bertz CT molecular complexity index is 1320. The van der Waals surface area contributed by atoms with E-state index in [-0.39, 0.29) is 31.3 Å². The monoisotopic (exact) mass is 588 g/mol. The minimum Gasteiger partial charge on any atom is -0.376 e. The van der Waals surface area contributed by atoms with E-state index in [1.165, 1.54) is 0 Å². The molecule has 2 aromatic rings. The van der Waals surface area contributed by atoms with E-state index in [2.05, 4.69) is 15.6 Å². The molecule has 42 heavy (non-hydrogen) atoms. The first-order valence-corrected chi connectivity index (χ1v) is 14.4. The highest BCUT2D eigenvalue weighted by molar-refractivity contribution is 5.94. The second-order valence-corrected chi connectivity index (χ2v) is 11.8. The number of benzene rings is 1. The summed E-state index contributed by atoms with van der Waals surface area (Å²) in [5.74, 6) is -4.70. The first-order chi connectivity index (χ1) is 20.0. The van der Waals surface area contributed by atoms with Gasteiger partial charge in [-0.05, 0) is 43.9 Å². The predicted molar refractivity (Wildman–Crippen MR) is 146 cm³/mol. The molecule has 3 atom stereocenters. The van der Waals surface area contributed by atoms with Crippen LogP contribution in [0, 0.1) is 5.92 Å². The Labute approximate surface area is 243 Å². The second kappa shape index (κ2) is 12.4. The molecular formula is C29H38F2N6O5. The maximum absolute atomic E-state index is 13.8. The fourth-order valence-electron chi connectivity index (χ4n) is 5.92. The maximum atomic E-state index is 13.8. The highest BCUT2D eigenvalue weighted by Gasteiger charge is 2.48. The van der Waals surface area contributed by atoms with E-state index in [1.807, 2.05) is 38.2 Å². The number of nitrogens with one attached hydrogen (secondary N) is 1. The van der Waals surface area contributed by atoms with E-state index in [9.17, 15) is 23.2 Å². The Hall–Kier alpha value is -3.45. The van der Waals surface area contributed by atoms with Crippen LogP contribution in [0.15, 0.2) is 24.4 Å². The molecule has 4 heterocycles. The van der Waals surface area contributed by atoms with Crippen molar-refractivity contribution in [2.75, 3.05) is 19.8 Å². The Balaban J connectivity index is 1.13. The third-order valence-electron chi connectivity index (χ3n) is 8.02. The number of amides is 3. The largest absolute Gasteiger partial charge is 0.376 e. The standard InChI is InChI=1S/C29H38F2N6O5/c1-18(2)42-8-7-41-16-23-14-36(34-33-23)13-21-6-4-5-20-12-35(15-24(20)21)26(38)10-22-9-25(32-27(22)39)28(40)37-17-29(30,31)11-19(37)3/h4-6,14,18-19,22,25H,7-13,15-17H2,1-3H3,(H,32,39)/t19-,22+,25+/m1/s1. The molecule has 1 aromatic heterocycles. The molecule has 2 fully saturated rings. The first-order valence-electron chi connectivity index (χ1n) is 14.4. The van der Waals surface area contributed by atoms with Gasteiger partial charge in [0.15, 0.2) is 0 Å². The van der Waals surface area contributed by atoms with Crippen LogP contribution in [0.4, 0.5) is 8.78 Å². The van der Waals surface area contributed by atoms with E-state index in [4.69, 9.17) is 9.47 Å². The van der Waals surface area contributed by atoms with Crippen molar-refractivity contribution >= 4 is 17.7 Å². The molecule has 3 aliphatic rings. The van der Waals surface area contributed by atoms with Gasteiger partial charge in [0.25, 0.3) is 5.92 Å². The number of carbonyl (C=O) groups excluding carboxylic acids is 3. The molecule has 0 bridgehead atoms. The summed E-state index contributed by atoms with van der Waals surface area (Å²) in [5, 5.41) is 11.0. The molecule has 1 aromatic carbocycles. The van der Waals surface area contributed by atoms with Gasteiger partial charge >= 0.3 is 0 Å². The van der Waals surface area contributed by atoms with Crippen LogP contribution in [0.25, 0.3) is 0 Å². The summed E-state index contributed by atoms with van der Waals surface area (Å²) >= 11 is 0. The summed E-state index contributed by atoms with van der Waals surface area (Å²) in [5.41, 5.74) is 3.80. The lowest BCUT2D eigenvalue weighted by Gasteiger charge is -2.24. The number of fused-ring (bicyclic) bond motifs is 1. The van der Waals surface area contributed by atoms with Crippen LogP contribution in [0.2, 0.25) is 0 Å². The number of hydrogen-bond acceptors (Lipinski definition) is 7. The molecule has 0 radical (unpaired) electrons. The van der Waals surface area contributed by atoms with Crippen LogP contribution in [0.1, 0.15) is 62.4 Å². The lowest BCUT2D eigenvalue weighted by Crippen LogP contribution is -2.46. The van der Waals surface area contributed by atoms with E-state index < -0.39 is 42.3 Å². The van der Waals surface area contributed by atoms with E-state index in [0.717, 1.165) is 21.6 Å². The van der Waals surface area contributed by atoms with Gasteiger partial charge in [-0.1, -0.05) is 23.4 Å². The van der Waals surface area contributed by atoms with Crippen LogP contribution in [-0.2, 0) is 50.1 Å². The predicted octanol–water partition coefficient (Wildman–Crippen LogP) is 2.26. The quantitative estimate of drug-likeness (QED) is 0.400. The van der Waals surface area contributed by atoms with Crippen LogP contribution in [0.5, 0.6) is 0 Å². The van der Waals surface area contributed by atoms with Crippen molar-refractivity contribution in [3.63, 3.8) is 0 Å². The lowest BCUT2D eigenvalue weighted by molar-refractivity contribution is -0.136. The molecule has 3 amide bonds. The molecular weight excluding hydrogens is 550 g/mol. The molecule has 0 unspecified atom stereocenters. The van der Waals surface area contributed by atoms with E-state index >= 15 is 0 Å². The number of rotatable bonds is 11. The number of halogens is 2. The number of alkyl halides is 2. The van der Waals surface area contributed by atoms with Crippen molar-refractivity contribution in [1.82, 2.24) is 30.1 Å². The Morgan fingerprint density at radius 1 is 1.21 bits per heavy atom. The van der Waals surface area contributed by atoms with Gasteiger partial charge in [0.1, 0.15) is 11.7 Å². The number of likely N-dealkylation sites (tertiary alicyclic amines) is 1. The summed E-state index contributed by atoms with van der Waals surface area (Å²) in [4.78, 5) is 41.6. The van der Waals surface area contributed by atoms with Crippen LogP contribution in [0.3, 0.4) is 0 Å². The molecule has 13 heteroatoms. The van der Waals surface area contributed by atoms with Crippen LogP contribution < -0.4 is 5.32 Å². The zero-order chi connectivity index (χ0) is 30.0. The molecule has 0 aliphatic carbocycles. The maximum Gasteiger partial charge on any atom is 0.267 e. The summed E-state index contributed by atoms with van der Waals surface area (Å²) in [6.07, 6.45) is 1.68. The van der Waals surface area contributed by atoms with Gasteiger partial charge < -0.3 is 24.6 Å². The average Bonchev–Trinajstić information content (AvgIpc) is 3.70. The Morgan fingerprint density at radius 2 is 2.02 bits per heavy atom. The Kier molecular flexibility index (Phi) is 8.88. The van der Waals surface area contributed by atoms with Crippen molar-refractivity contribution in [3.8, 4) is 0 Å². The fraction of sp³-hybridized carbons (Fsp3) is 0.621. The summed E-state index contributed by atoms with van der Waals surface area (Å²) in [6, 6.07) is 4.43. The average molecular weight is 589 g/mol. The number of hydrogen-bond donors (Lipinski definition) is 1. The van der Waals surface area contributed by atoms with Crippen molar-refractivity contribution in [3.05, 3.63) is 46.8 Å². The number of nitrogens with zero attached hydrogens (tertiary/aromatic N) is 5. The number of ether oxygens (including phenoxy) is 2. The van der Waals surface area contributed by atoms with Crippen LogP contribution >= 0.6 is 0 Å². The van der Waals surface area contributed by atoms with Crippen molar-refractivity contribution in [2.45, 2.75) is 90.4 Å². The van der Waals surface area contributed by atoms with Gasteiger partial charge in [-0.25, -0.2) is 13.5 Å². The number of carbonyl (C=O) groups is 3. The van der Waals surface area contributed by atoms with Gasteiger partial charge in [-0.2, -0.15) is 0 Å². The summed E-state index contributed by atoms with van der Waals surface area (Å²) in [6.45, 7) is 7.51. The molecule has 1 N–H and O–H groups in total.